The van der Waals surface area contributed by atoms with Crippen LogP contribution in [0.3, 0.4) is 0 Å². The van der Waals surface area contributed by atoms with E-state index in [1.54, 1.807) is 0 Å². The molecule has 0 fully saturated rings. The van der Waals surface area contributed by atoms with E-state index in [2.05, 4.69) is 29.9 Å². The Bertz CT molecular complexity index is 1130. The summed E-state index contributed by atoms with van der Waals surface area (Å²) < 4.78 is 24.4. The number of aromatic amines is 1. The van der Waals surface area contributed by atoms with Gasteiger partial charge >= 0.3 is 7.60 Å². The Kier molecular flexibility index (Phi) is 5.31. The molecule has 3 aromatic rings. The van der Waals surface area contributed by atoms with Crippen LogP contribution in [0.25, 0.3) is 16.9 Å². The lowest BCUT2D eigenvalue weighted by atomic mass is 9.99. The molecule has 1 N–H and O–H groups in total. The van der Waals surface area contributed by atoms with Gasteiger partial charge in [-0.3, -0.25) is 8.97 Å². The van der Waals surface area contributed by atoms with Gasteiger partial charge in [0, 0.05) is 26.0 Å². The van der Waals surface area contributed by atoms with E-state index in [1.165, 1.54) is 30.4 Å². The predicted octanol–water partition coefficient (Wildman–Crippen LogP) is 4.17. The molecule has 0 aliphatic carbocycles. The van der Waals surface area contributed by atoms with Gasteiger partial charge in [-0.25, -0.2) is 4.98 Å². The Balaban J connectivity index is 2.26. The summed E-state index contributed by atoms with van der Waals surface area (Å²) in [5.74, 6) is 0.401. The summed E-state index contributed by atoms with van der Waals surface area (Å²) in [5.41, 5.74) is 3.33. The quantitative estimate of drug-likeness (QED) is 0.509. The summed E-state index contributed by atoms with van der Waals surface area (Å²) >= 11 is 5.38. The monoisotopic (exact) mass is 402 g/mol. The molecule has 27 heavy (non-hydrogen) atoms. The van der Waals surface area contributed by atoms with E-state index in [0.29, 0.717) is 22.8 Å². The number of hydrogen-bond acceptors (Lipinski definition) is 6. The van der Waals surface area contributed by atoms with Gasteiger partial charge in [0.2, 0.25) is 4.77 Å². The highest BCUT2D eigenvalue weighted by atomic mass is 32.1. The maximum absolute atomic E-state index is 12.7. The van der Waals surface area contributed by atoms with E-state index in [9.17, 15) is 9.83 Å². The molecular weight excluding hydrogens is 383 g/mol. The first kappa shape index (κ1) is 19.5. The van der Waals surface area contributed by atoms with Crippen LogP contribution in [0.2, 0.25) is 0 Å². The van der Waals surface area contributed by atoms with Gasteiger partial charge in [-0.15, -0.1) is 0 Å². The van der Waals surface area contributed by atoms with Crippen molar-refractivity contribution in [1.82, 2.24) is 14.4 Å². The van der Waals surface area contributed by atoms with Gasteiger partial charge in [0.05, 0.1) is 5.69 Å². The van der Waals surface area contributed by atoms with Gasteiger partial charge in [-0.1, -0.05) is 38.1 Å². The van der Waals surface area contributed by atoms with Crippen molar-refractivity contribution in [1.29, 1.82) is 5.26 Å². The Hall–Kier alpha value is -2.30. The number of H-pyrrole nitrogens is 1. The molecule has 0 amide bonds. The van der Waals surface area contributed by atoms with Crippen LogP contribution < -0.4 is 5.44 Å². The minimum absolute atomic E-state index is 0.198. The van der Waals surface area contributed by atoms with Crippen molar-refractivity contribution in [2.75, 3.05) is 14.2 Å². The molecule has 0 aliphatic heterocycles. The lowest BCUT2D eigenvalue weighted by Gasteiger charge is -2.10. The normalized spacial score (nSPS) is 11.9. The topological polar surface area (TPSA) is 92.4 Å². The molecule has 1 aromatic carbocycles. The standard InChI is InChI=1S/C18H19N4O3PS/c1-11(2)12-5-7-13(8-6-12)16-14(9-19)17-20-15(26(23,24-3)25-4)10-22(17)18(27)21-16/h5-8,10-11,20H,1-4H3. The highest BCUT2D eigenvalue weighted by molar-refractivity contribution is 7.71. The first-order chi connectivity index (χ1) is 12.8. The molecule has 0 atom stereocenters. The summed E-state index contributed by atoms with van der Waals surface area (Å²) in [7, 11) is -0.937. The number of nitriles is 1. The second kappa shape index (κ2) is 7.37. The number of aromatic nitrogens is 3. The smallest absolute Gasteiger partial charge is 0.332 e. The summed E-state index contributed by atoms with van der Waals surface area (Å²) in [4.78, 5) is 7.39. The average Bonchev–Trinajstić information content (AvgIpc) is 3.14. The van der Waals surface area contributed by atoms with Crippen LogP contribution in [-0.2, 0) is 13.6 Å². The van der Waals surface area contributed by atoms with E-state index in [0.717, 1.165) is 5.56 Å². The molecular formula is C18H19N4O3PS. The Morgan fingerprint density at radius 1 is 1.26 bits per heavy atom. The summed E-state index contributed by atoms with van der Waals surface area (Å²) in [6.45, 7) is 4.23. The highest BCUT2D eigenvalue weighted by Gasteiger charge is 2.28. The largest absolute Gasteiger partial charge is 0.378 e. The van der Waals surface area contributed by atoms with Gasteiger partial charge in [0.1, 0.15) is 22.7 Å². The summed E-state index contributed by atoms with van der Waals surface area (Å²) in [6, 6.07) is 10.0. The first-order valence-electron chi connectivity index (χ1n) is 8.22. The lowest BCUT2D eigenvalue weighted by molar-refractivity contribution is 0.286. The predicted molar refractivity (Wildman–Crippen MR) is 106 cm³/mol. The number of imidazole rings is 1. The zero-order chi connectivity index (χ0) is 19.8. The second-order valence-corrected chi connectivity index (χ2v) is 8.80. The minimum atomic E-state index is -3.52. The molecule has 3 rings (SSSR count). The fourth-order valence-electron chi connectivity index (χ4n) is 2.80. The van der Waals surface area contributed by atoms with Crippen molar-refractivity contribution in [3.63, 3.8) is 0 Å². The molecule has 0 saturated carbocycles. The van der Waals surface area contributed by atoms with Crippen molar-refractivity contribution in [2.45, 2.75) is 19.8 Å². The average molecular weight is 402 g/mol. The zero-order valence-corrected chi connectivity index (χ0v) is 17.1. The first-order valence-corrected chi connectivity index (χ1v) is 10.2. The molecule has 2 aromatic heterocycles. The van der Waals surface area contributed by atoms with E-state index in [-0.39, 0.29) is 10.2 Å². The van der Waals surface area contributed by atoms with Crippen LogP contribution in [0.15, 0.2) is 30.5 Å². The van der Waals surface area contributed by atoms with Crippen LogP contribution in [0.5, 0.6) is 0 Å². The Labute approximate surface area is 162 Å². The third-order valence-electron chi connectivity index (χ3n) is 4.36. The number of fused-ring (bicyclic) bond motifs is 1. The molecule has 9 heteroatoms. The number of nitrogens with one attached hydrogen (secondary N) is 1. The van der Waals surface area contributed by atoms with Crippen LogP contribution in [0.4, 0.5) is 0 Å². The molecule has 0 spiro atoms. The summed E-state index contributed by atoms with van der Waals surface area (Å²) in [6.07, 6.45) is 1.49. The lowest BCUT2D eigenvalue weighted by Crippen LogP contribution is -2.08. The molecule has 0 radical (unpaired) electrons. The van der Waals surface area contributed by atoms with E-state index < -0.39 is 7.60 Å². The van der Waals surface area contributed by atoms with Gasteiger partial charge in [-0.2, -0.15) is 5.26 Å². The molecule has 0 bridgehead atoms. The van der Waals surface area contributed by atoms with E-state index in [1.807, 2.05) is 24.3 Å². The van der Waals surface area contributed by atoms with Crippen molar-refractivity contribution >= 4 is 30.9 Å². The van der Waals surface area contributed by atoms with Crippen LogP contribution in [0, 0.1) is 16.1 Å². The van der Waals surface area contributed by atoms with Gasteiger partial charge in [0.25, 0.3) is 0 Å². The third kappa shape index (κ3) is 3.35. The highest BCUT2D eigenvalue weighted by Crippen LogP contribution is 2.44. The molecule has 0 unspecified atom stereocenters. The van der Waals surface area contributed by atoms with Crippen molar-refractivity contribution in [3.05, 3.63) is 46.4 Å². The maximum atomic E-state index is 12.7. The SMILES string of the molecule is COP(=O)(OC)c1cn2c(=S)nc(-c3ccc(C(C)C)cc3)c(C#N)c2[nH]1. The molecule has 0 saturated heterocycles. The maximum Gasteiger partial charge on any atom is 0.378 e. The Morgan fingerprint density at radius 3 is 2.41 bits per heavy atom. The van der Waals surface area contributed by atoms with E-state index in [4.69, 9.17) is 21.3 Å². The number of nitrogens with zero attached hydrogens (tertiary/aromatic N) is 3. The van der Waals surface area contributed by atoms with Crippen LogP contribution in [0.1, 0.15) is 30.9 Å². The van der Waals surface area contributed by atoms with Crippen molar-refractivity contribution in [2.24, 2.45) is 0 Å². The van der Waals surface area contributed by atoms with E-state index >= 15 is 0 Å². The minimum Gasteiger partial charge on any atom is -0.332 e. The van der Waals surface area contributed by atoms with Crippen molar-refractivity contribution < 1.29 is 13.6 Å². The van der Waals surface area contributed by atoms with Gasteiger partial charge in [-0.05, 0) is 23.7 Å². The van der Waals surface area contributed by atoms with Crippen LogP contribution >= 0.6 is 19.8 Å². The third-order valence-corrected chi connectivity index (χ3v) is 6.43. The molecule has 0 aliphatic rings. The van der Waals surface area contributed by atoms with Crippen molar-refractivity contribution in [3.8, 4) is 17.3 Å². The number of hydrogen-bond donors (Lipinski definition) is 1. The molecule has 7 nitrogen and oxygen atoms in total. The fourth-order valence-corrected chi connectivity index (χ4v) is 4.08. The fraction of sp³-hybridized carbons (Fsp3) is 0.278. The molecule has 2 heterocycles. The second-order valence-electron chi connectivity index (χ2n) is 6.23. The number of benzene rings is 1. The number of rotatable bonds is 5. The zero-order valence-electron chi connectivity index (χ0n) is 15.4. The van der Waals surface area contributed by atoms with Crippen LogP contribution in [-0.4, -0.2) is 28.6 Å². The Morgan fingerprint density at radius 2 is 1.89 bits per heavy atom. The van der Waals surface area contributed by atoms with Gasteiger partial charge in [0.15, 0.2) is 0 Å². The molecule has 140 valence electrons. The van der Waals surface area contributed by atoms with Gasteiger partial charge < -0.3 is 14.0 Å². The summed E-state index contributed by atoms with van der Waals surface area (Å²) in [5, 5.41) is 9.75.